The summed E-state index contributed by atoms with van der Waals surface area (Å²) in [5, 5.41) is 12.0. The number of nitrogens with two attached hydrogens (primary N) is 1. The molecule has 0 bridgehead atoms. The highest BCUT2D eigenvalue weighted by Gasteiger charge is 2.28. The number of pyridine rings is 1. The lowest BCUT2D eigenvalue weighted by Gasteiger charge is -2.14. The van der Waals surface area contributed by atoms with Gasteiger partial charge in [-0.25, -0.2) is 13.8 Å². The van der Waals surface area contributed by atoms with Crippen LogP contribution in [0.5, 0.6) is 0 Å². The van der Waals surface area contributed by atoms with Crippen LogP contribution in [0.1, 0.15) is 53.1 Å². The molecule has 2 amide bonds. The molecule has 0 saturated heterocycles. The number of aromatic nitrogens is 5. The Balaban J connectivity index is 1.91. The highest BCUT2D eigenvalue weighted by atomic mass is 35.5. The molecule has 4 aromatic rings. The number of amides is 2. The van der Waals surface area contributed by atoms with Gasteiger partial charge in [-0.3, -0.25) is 19.0 Å². The number of nitrogens with zero attached hydrogens (tertiary/aromatic N) is 5. The van der Waals surface area contributed by atoms with Crippen LogP contribution in [0.3, 0.4) is 0 Å². The monoisotopic (exact) mass is 521 g/mol. The Morgan fingerprint density at radius 2 is 2.00 bits per heavy atom. The maximum atomic E-state index is 13.7. The molecule has 3 N–H and O–H groups in total. The van der Waals surface area contributed by atoms with Crippen LogP contribution in [0.2, 0.25) is 5.02 Å². The molecule has 0 saturated carbocycles. The van der Waals surface area contributed by atoms with E-state index in [9.17, 15) is 18.4 Å². The third-order valence-corrected chi connectivity index (χ3v) is 7.17. The zero-order chi connectivity index (χ0) is 25.6. The first-order valence-electron chi connectivity index (χ1n) is 10.6. The van der Waals surface area contributed by atoms with Crippen molar-refractivity contribution in [1.29, 1.82) is 0 Å². The molecule has 184 valence electrons. The van der Waals surface area contributed by atoms with Crippen molar-refractivity contribution in [3.63, 3.8) is 0 Å². The molecule has 13 heteroatoms. The number of hydrogen-bond acceptors (Lipinski definition) is 6. The van der Waals surface area contributed by atoms with Crippen molar-refractivity contribution in [2.45, 2.75) is 46.7 Å². The SMILES string of the molecule is CCn1ncc(-c2cc(C(F)F)nc3sc(C(N)=O)c(NC(=O)C(C)n4cc(Cl)c(C)n4)c23)c1C. The number of alkyl halides is 2. The van der Waals surface area contributed by atoms with Crippen LogP contribution in [-0.2, 0) is 11.3 Å². The fourth-order valence-electron chi connectivity index (χ4n) is 3.77. The minimum absolute atomic E-state index is 0.00377. The molecule has 4 heterocycles. The van der Waals surface area contributed by atoms with E-state index in [1.807, 2.05) is 13.8 Å². The molecular weight excluding hydrogens is 500 g/mol. The summed E-state index contributed by atoms with van der Waals surface area (Å²) < 4.78 is 30.5. The Morgan fingerprint density at radius 1 is 1.29 bits per heavy atom. The highest BCUT2D eigenvalue weighted by molar-refractivity contribution is 7.21. The van der Waals surface area contributed by atoms with E-state index in [0.29, 0.717) is 33.8 Å². The molecule has 0 aliphatic rings. The molecule has 4 rings (SSSR count). The van der Waals surface area contributed by atoms with Gasteiger partial charge in [0.25, 0.3) is 12.3 Å². The van der Waals surface area contributed by atoms with Gasteiger partial charge in [-0.15, -0.1) is 11.3 Å². The Labute approximate surface area is 207 Å². The number of thiophene rings is 1. The molecule has 0 aliphatic heterocycles. The van der Waals surface area contributed by atoms with Crippen LogP contribution in [0, 0.1) is 13.8 Å². The minimum Gasteiger partial charge on any atom is -0.365 e. The zero-order valence-corrected chi connectivity index (χ0v) is 20.8. The van der Waals surface area contributed by atoms with Crippen LogP contribution in [0.4, 0.5) is 14.5 Å². The molecule has 0 spiro atoms. The Hall–Kier alpha value is -3.38. The van der Waals surface area contributed by atoms with E-state index in [4.69, 9.17) is 17.3 Å². The number of nitrogens with one attached hydrogen (secondary N) is 1. The summed E-state index contributed by atoms with van der Waals surface area (Å²) in [5.41, 5.74) is 7.49. The first kappa shape index (κ1) is 24.7. The van der Waals surface area contributed by atoms with Gasteiger partial charge in [0, 0.05) is 29.4 Å². The van der Waals surface area contributed by atoms with E-state index in [0.717, 1.165) is 17.0 Å². The van der Waals surface area contributed by atoms with Gasteiger partial charge in [0.05, 0.1) is 22.6 Å². The third-order valence-electron chi connectivity index (χ3n) is 5.70. The average Bonchev–Trinajstić information content (AvgIpc) is 3.47. The maximum absolute atomic E-state index is 13.7. The Kier molecular flexibility index (Phi) is 6.60. The maximum Gasteiger partial charge on any atom is 0.280 e. The zero-order valence-electron chi connectivity index (χ0n) is 19.3. The molecule has 0 aliphatic carbocycles. The van der Waals surface area contributed by atoms with Crippen LogP contribution >= 0.6 is 22.9 Å². The van der Waals surface area contributed by atoms with Crippen molar-refractivity contribution >= 4 is 50.7 Å². The fourth-order valence-corrected chi connectivity index (χ4v) is 4.92. The number of aryl methyl sites for hydroxylation is 2. The number of carbonyl (C=O) groups excluding carboxylic acids is 2. The van der Waals surface area contributed by atoms with Gasteiger partial charge in [0.2, 0.25) is 5.91 Å². The number of carbonyl (C=O) groups is 2. The molecule has 0 aromatic carbocycles. The molecule has 1 unspecified atom stereocenters. The van der Waals surface area contributed by atoms with Crippen molar-refractivity contribution in [1.82, 2.24) is 24.5 Å². The number of halogens is 3. The van der Waals surface area contributed by atoms with E-state index in [2.05, 4.69) is 20.5 Å². The summed E-state index contributed by atoms with van der Waals surface area (Å²) in [7, 11) is 0. The number of fused-ring (bicyclic) bond motifs is 1. The number of hydrogen-bond donors (Lipinski definition) is 2. The quantitative estimate of drug-likeness (QED) is 0.359. The number of anilines is 1. The second-order valence-corrected chi connectivity index (χ2v) is 9.32. The van der Waals surface area contributed by atoms with E-state index in [-0.39, 0.29) is 15.4 Å². The fraction of sp³-hybridized carbons (Fsp3) is 0.318. The molecule has 0 fully saturated rings. The van der Waals surface area contributed by atoms with E-state index in [1.165, 1.54) is 16.9 Å². The number of rotatable bonds is 7. The van der Waals surface area contributed by atoms with Crippen LogP contribution in [-0.4, -0.2) is 36.4 Å². The second kappa shape index (κ2) is 9.34. The van der Waals surface area contributed by atoms with Gasteiger partial charge >= 0.3 is 0 Å². The molecule has 0 radical (unpaired) electrons. The van der Waals surface area contributed by atoms with Gasteiger partial charge in [0.1, 0.15) is 21.4 Å². The lowest BCUT2D eigenvalue weighted by molar-refractivity contribution is -0.119. The van der Waals surface area contributed by atoms with Crippen LogP contribution < -0.4 is 11.1 Å². The first-order valence-corrected chi connectivity index (χ1v) is 11.8. The minimum atomic E-state index is -2.84. The highest BCUT2D eigenvalue weighted by Crippen LogP contribution is 2.43. The summed E-state index contributed by atoms with van der Waals surface area (Å²) in [6.45, 7) is 7.61. The second-order valence-electron chi connectivity index (χ2n) is 7.91. The first-order chi connectivity index (χ1) is 16.5. The molecule has 9 nitrogen and oxygen atoms in total. The largest absolute Gasteiger partial charge is 0.365 e. The number of primary amides is 1. The van der Waals surface area contributed by atoms with Gasteiger partial charge in [0.15, 0.2) is 0 Å². The van der Waals surface area contributed by atoms with E-state index < -0.39 is 30.0 Å². The predicted molar refractivity (Wildman–Crippen MR) is 130 cm³/mol. The van der Waals surface area contributed by atoms with Crippen LogP contribution in [0.15, 0.2) is 18.5 Å². The van der Waals surface area contributed by atoms with Crippen molar-refractivity contribution in [2.24, 2.45) is 5.73 Å². The van der Waals surface area contributed by atoms with Crippen molar-refractivity contribution < 1.29 is 18.4 Å². The summed E-state index contributed by atoms with van der Waals surface area (Å²) in [6, 6.07) is 0.461. The summed E-state index contributed by atoms with van der Waals surface area (Å²) in [6.07, 6.45) is 0.240. The van der Waals surface area contributed by atoms with Crippen molar-refractivity contribution in [2.75, 3.05) is 5.32 Å². The topological polar surface area (TPSA) is 121 Å². The molecule has 35 heavy (non-hydrogen) atoms. The standard InChI is InChI=1S/C22H22ClF2N7O2S/c1-5-31-10(3)13(7-27-31)12-6-15(19(24)25)28-22-16(12)17(18(35-22)20(26)33)29-21(34)11(4)32-8-14(23)9(2)30-32/h6-8,11,19H,5H2,1-4H3,(H2,26,33)(H,29,34). The van der Waals surface area contributed by atoms with Crippen molar-refractivity contribution in [3.05, 3.63) is 45.4 Å². The smallest absolute Gasteiger partial charge is 0.280 e. The van der Waals surface area contributed by atoms with Gasteiger partial charge in [-0.2, -0.15) is 10.2 Å². The summed E-state index contributed by atoms with van der Waals surface area (Å²) in [4.78, 5) is 29.7. The average molecular weight is 522 g/mol. The van der Waals surface area contributed by atoms with Crippen molar-refractivity contribution in [3.8, 4) is 11.1 Å². The van der Waals surface area contributed by atoms with Gasteiger partial charge < -0.3 is 11.1 Å². The van der Waals surface area contributed by atoms with E-state index in [1.54, 1.807) is 24.7 Å². The Morgan fingerprint density at radius 3 is 2.54 bits per heavy atom. The lowest BCUT2D eigenvalue weighted by Crippen LogP contribution is -2.25. The molecule has 1 atom stereocenters. The Bertz CT molecular complexity index is 1440. The summed E-state index contributed by atoms with van der Waals surface area (Å²) >= 11 is 6.91. The van der Waals surface area contributed by atoms with Gasteiger partial charge in [-0.1, -0.05) is 11.6 Å². The van der Waals surface area contributed by atoms with Crippen LogP contribution in [0.25, 0.3) is 21.3 Å². The third kappa shape index (κ3) is 4.39. The predicted octanol–water partition coefficient (Wildman–Crippen LogP) is 4.88. The molecular formula is C22H22ClF2N7O2S. The van der Waals surface area contributed by atoms with Gasteiger partial charge in [-0.05, 0) is 39.3 Å². The lowest BCUT2D eigenvalue weighted by atomic mass is 10.0. The van der Waals surface area contributed by atoms with E-state index >= 15 is 0 Å². The summed E-state index contributed by atoms with van der Waals surface area (Å²) in [5.74, 6) is -1.32. The normalized spacial score (nSPS) is 12.5. The molecule has 4 aromatic heterocycles.